The number of hydrogen-bond donors (Lipinski definition) is 1. The summed E-state index contributed by atoms with van der Waals surface area (Å²) in [6.07, 6.45) is -12.2. The first kappa shape index (κ1) is 32.7. The van der Waals surface area contributed by atoms with Crippen LogP contribution in [0.5, 0.6) is 0 Å². The highest BCUT2D eigenvalue weighted by atomic mass is 32.2. The van der Waals surface area contributed by atoms with E-state index in [0.29, 0.717) is 12.1 Å². The summed E-state index contributed by atoms with van der Waals surface area (Å²) >= 11 is 0. The van der Waals surface area contributed by atoms with Crippen LogP contribution < -0.4 is 0 Å². The van der Waals surface area contributed by atoms with Crippen LogP contribution in [-0.2, 0) is 29.8 Å². The second kappa shape index (κ2) is 11.0. The number of halogens is 8. The number of sulfone groups is 1. The molecule has 0 unspecified atom stereocenters. The third kappa shape index (κ3) is 5.48. The van der Waals surface area contributed by atoms with E-state index in [-0.39, 0.29) is 61.9 Å². The molecule has 2 aromatic rings. The normalized spacial score (nSPS) is 23.8. The molecular formula is C28H27F8NO5S. The number of carbonyl (C=O) groups is 2. The zero-order valence-corrected chi connectivity index (χ0v) is 23.4. The number of amides is 1. The summed E-state index contributed by atoms with van der Waals surface area (Å²) < 4.78 is 135. The van der Waals surface area contributed by atoms with E-state index < -0.39 is 79.1 Å². The molecule has 2 aromatic carbocycles. The molecular weight excluding hydrogens is 614 g/mol. The lowest BCUT2D eigenvalue weighted by atomic mass is 9.81. The Balaban J connectivity index is 1.77. The summed E-state index contributed by atoms with van der Waals surface area (Å²) in [5, 5.41) is 9.23. The van der Waals surface area contributed by atoms with E-state index in [2.05, 4.69) is 0 Å². The Morgan fingerprint density at radius 2 is 1.42 bits per heavy atom. The molecule has 43 heavy (non-hydrogen) atoms. The topological polar surface area (TPSA) is 91.8 Å². The van der Waals surface area contributed by atoms with Gasteiger partial charge in [-0.05, 0) is 68.4 Å². The van der Waals surface area contributed by atoms with Gasteiger partial charge in [-0.2, -0.15) is 26.3 Å². The number of aryl methyl sites for hydroxylation is 1. The Kier molecular flexibility index (Phi) is 8.39. The number of likely N-dealkylation sites (tertiary alicyclic amines) is 1. The smallest absolute Gasteiger partial charge is 0.435 e. The average Bonchev–Trinajstić information content (AvgIpc) is 3.40. The van der Waals surface area contributed by atoms with Crippen molar-refractivity contribution in [2.24, 2.45) is 11.8 Å². The molecule has 0 aromatic heterocycles. The average molecular weight is 642 g/mol. The predicted molar refractivity (Wildman–Crippen MR) is 136 cm³/mol. The van der Waals surface area contributed by atoms with Gasteiger partial charge in [0, 0.05) is 24.6 Å². The lowest BCUT2D eigenvalue weighted by Crippen LogP contribution is -2.50. The van der Waals surface area contributed by atoms with Crippen LogP contribution >= 0.6 is 0 Å². The molecule has 1 saturated carbocycles. The Bertz CT molecular complexity index is 1480. The van der Waals surface area contributed by atoms with Gasteiger partial charge in [-0.1, -0.05) is 24.3 Å². The predicted octanol–water partition coefficient (Wildman–Crippen LogP) is 6.22. The van der Waals surface area contributed by atoms with Gasteiger partial charge in [-0.25, -0.2) is 17.2 Å². The highest BCUT2D eigenvalue weighted by Gasteiger charge is 2.73. The fraction of sp³-hybridized carbons (Fsp3) is 0.500. The zero-order chi connectivity index (χ0) is 32.2. The fourth-order valence-corrected chi connectivity index (χ4v) is 8.09. The molecule has 1 atom stereocenters. The van der Waals surface area contributed by atoms with Gasteiger partial charge in [-0.3, -0.25) is 9.59 Å². The van der Waals surface area contributed by atoms with Crippen molar-refractivity contribution in [2.45, 2.75) is 66.7 Å². The first-order valence-electron chi connectivity index (χ1n) is 13.2. The van der Waals surface area contributed by atoms with Crippen molar-refractivity contribution in [3.63, 3.8) is 0 Å². The van der Waals surface area contributed by atoms with Gasteiger partial charge in [0.2, 0.25) is 5.91 Å². The molecule has 2 aliphatic rings. The van der Waals surface area contributed by atoms with E-state index >= 15 is 0 Å². The zero-order valence-electron chi connectivity index (χ0n) is 22.6. The molecule has 1 N–H and O–H groups in total. The summed E-state index contributed by atoms with van der Waals surface area (Å²) in [5.74, 6) is -3.43. The van der Waals surface area contributed by atoms with Crippen molar-refractivity contribution in [2.75, 3.05) is 13.1 Å². The number of carboxylic acid groups (broad SMARTS) is 1. The Labute approximate surface area is 241 Å². The Morgan fingerprint density at radius 3 is 1.91 bits per heavy atom. The monoisotopic (exact) mass is 641 g/mol. The first-order valence-corrected chi connectivity index (χ1v) is 14.7. The fourth-order valence-electron chi connectivity index (χ4n) is 5.93. The van der Waals surface area contributed by atoms with Crippen LogP contribution in [0.3, 0.4) is 0 Å². The SMILES string of the molecule is Cc1cc(S(=O)(=O)[C@@]2(c3ccc(C(F)(C(F)(F)F)C(F)(F)F)cc3)CCN(C(=O)[C@H]3CC[C@H](C(=O)O)CC3)C2)ccc1F. The number of carboxylic acids is 1. The maximum absolute atomic E-state index is 14.7. The molecule has 4 rings (SSSR count). The Hall–Kier alpha value is -3.23. The molecule has 15 heteroatoms. The molecule has 0 radical (unpaired) electrons. The van der Waals surface area contributed by atoms with E-state index in [0.717, 1.165) is 18.2 Å². The molecule has 1 heterocycles. The lowest BCUT2D eigenvalue weighted by Gasteiger charge is -2.33. The van der Waals surface area contributed by atoms with Crippen LogP contribution in [0.15, 0.2) is 47.4 Å². The van der Waals surface area contributed by atoms with Crippen molar-refractivity contribution in [1.29, 1.82) is 0 Å². The minimum Gasteiger partial charge on any atom is -0.481 e. The number of carbonyl (C=O) groups excluding carboxylic acids is 1. The minimum atomic E-state index is -6.38. The number of aliphatic carboxylic acids is 1. The highest BCUT2D eigenvalue weighted by Crippen LogP contribution is 2.54. The highest BCUT2D eigenvalue weighted by molar-refractivity contribution is 7.92. The van der Waals surface area contributed by atoms with Gasteiger partial charge in [0.25, 0.3) is 0 Å². The first-order chi connectivity index (χ1) is 19.8. The van der Waals surface area contributed by atoms with Crippen LogP contribution in [0.4, 0.5) is 35.1 Å². The van der Waals surface area contributed by atoms with Gasteiger partial charge in [0.05, 0.1) is 10.8 Å². The Morgan fingerprint density at radius 1 is 0.884 bits per heavy atom. The number of hydrogen-bond acceptors (Lipinski definition) is 4. The van der Waals surface area contributed by atoms with Crippen LogP contribution in [0.1, 0.15) is 48.8 Å². The largest absolute Gasteiger partial charge is 0.481 e. The number of rotatable bonds is 6. The van der Waals surface area contributed by atoms with E-state index in [1.165, 1.54) is 11.8 Å². The van der Waals surface area contributed by atoms with Crippen LogP contribution in [-0.4, -0.2) is 55.7 Å². The molecule has 1 aliphatic heterocycles. The van der Waals surface area contributed by atoms with E-state index in [1.807, 2.05) is 0 Å². The third-order valence-corrected chi connectivity index (χ3v) is 11.0. The van der Waals surface area contributed by atoms with Crippen molar-refractivity contribution >= 4 is 21.7 Å². The lowest BCUT2D eigenvalue weighted by molar-refractivity contribution is -0.348. The molecule has 1 amide bonds. The summed E-state index contributed by atoms with van der Waals surface area (Å²) in [5.41, 5.74) is -7.87. The van der Waals surface area contributed by atoms with Crippen molar-refractivity contribution < 1.29 is 58.2 Å². The molecule has 0 spiro atoms. The van der Waals surface area contributed by atoms with Crippen LogP contribution in [0.25, 0.3) is 0 Å². The molecule has 1 saturated heterocycles. The summed E-state index contributed by atoms with van der Waals surface area (Å²) in [4.78, 5) is 25.5. The maximum Gasteiger partial charge on any atom is 0.435 e. The number of alkyl halides is 7. The quantitative estimate of drug-likeness (QED) is 0.299. The van der Waals surface area contributed by atoms with Gasteiger partial charge >= 0.3 is 24.0 Å². The third-order valence-electron chi connectivity index (χ3n) is 8.51. The summed E-state index contributed by atoms with van der Waals surface area (Å²) in [6.45, 7) is 0.599. The van der Waals surface area contributed by atoms with Gasteiger partial charge in [0.15, 0.2) is 9.84 Å². The van der Waals surface area contributed by atoms with E-state index in [9.17, 15) is 58.2 Å². The van der Waals surface area contributed by atoms with E-state index in [1.54, 1.807) is 0 Å². The van der Waals surface area contributed by atoms with Gasteiger partial charge in [-0.15, -0.1) is 0 Å². The molecule has 1 aliphatic carbocycles. The van der Waals surface area contributed by atoms with Crippen molar-refractivity contribution in [3.8, 4) is 0 Å². The van der Waals surface area contributed by atoms with Gasteiger partial charge in [0.1, 0.15) is 10.6 Å². The molecule has 2 fully saturated rings. The van der Waals surface area contributed by atoms with E-state index in [4.69, 9.17) is 0 Å². The number of nitrogens with zero attached hydrogens (tertiary/aromatic N) is 1. The molecule has 0 bridgehead atoms. The van der Waals surface area contributed by atoms with Crippen LogP contribution in [0.2, 0.25) is 0 Å². The van der Waals surface area contributed by atoms with Crippen molar-refractivity contribution in [1.82, 2.24) is 4.90 Å². The van der Waals surface area contributed by atoms with Crippen molar-refractivity contribution in [3.05, 3.63) is 65.0 Å². The summed E-state index contributed by atoms with van der Waals surface area (Å²) in [6, 6.07) is 4.66. The van der Waals surface area contributed by atoms with Gasteiger partial charge < -0.3 is 10.0 Å². The molecule has 236 valence electrons. The number of benzene rings is 2. The molecule has 6 nitrogen and oxygen atoms in total. The summed E-state index contributed by atoms with van der Waals surface area (Å²) in [7, 11) is -4.59. The standard InChI is InChI=1S/C28H27F8NO5S/c1-16-14-21(10-11-22(16)29)43(41,42)25(12-13-37(15-25)23(38)17-2-4-18(5-3-17)24(39)40)19-6-8-20(9-7-19)26(30,27(31,32)33)28(34,35)36/h6-11,14,17-18H,2-5,12-13,15H2,1H3,(H,39,40)/t17-,18-,25-/m0/s1. The van der Waals surface area contributed by atoms with Crippen LogP contribution in [0, 0.1) is 24.6 Å². The second-order valence-corrected chi connectivity index (χ2v) is 13.3. The minimum absolute atomic E-state index is 0.0507. The second-order valence-electron chi connectivity index (χ2n) is 11.0. The maximum atomic E-state index is 14.7.